The van der Waals surface area contributed by atoms with E-state index in [2.05, 4.69) is 12.2 Å². The Morgan fingerprint density at radius 3 is 2.56 bits per heavy atom. The Hall–Kier alpha value is -1.62. The van der Waals surface area contributed by atoms with Gasteiger partial charge < -0.3 is 14.8 Å². The van der Waals surface area contributed by atoms with Gasteiger partial charge in [-0.05, 0) is 78.0 Å². The minimum atomic E-state index is -0.651. The van der Waals surface area contributed by atoms with Crippen molar-refractivity contribution in [2.24, 2.45) is 0 Å². The van der Waals surface area contributed by atoms with Crippen molar-refractivity contribution in [1.82, 2.24) is 5.32 Å². The van der Waals surface area contributed by atoms with Crippen LogP contribution in [-0.2, 0) is 4.74 Å². The number of carbonyl (C=O) groups is 1. The van der Waals surface area contributed by atoms with Gasteiger partial charge in [-0.15, -0.1) is 0 Å². The number of esters is 1. The summed E-state index contributed by atoms with van der Waals surface area (Å²) >= 11 is 0. The number of carbonyl (C=O) groups excluding carboxylic acids is 1. The first kappa shape index (κ1) is 18.2. The van der Waals surface area contributed by atoms with Crippen molar-refractivity contribution >= 4 is 5.97 Å². The molecule has 0 radical (unpaired) electrons. The molecule has 1 aliphatic heterocycles. The topological polar surface area (TPSA) is 47.6 Å². The standard InChI is InChI=1S/C20H28FNO3/c1-12-15(6-5-11-22-12)24-16-10-9-14(19(23)25-20(2,3)4)18(21)17(16)13-7-8-13/h9-10,12-13,15,22H,5-8,11H2,1-4H3/t12-,15+/m0/s1. The van der Waals surface area contributed by atoms with Crippen molar-refractivity contribution in [3.05, 3.63) is 29.1 Å². The van der Waals surface area contributed by atoms with E-state index in [9.17, 15) is 4.79 Å². The first-order valence-corrected chi connectivity index (χ1v) is 9.22. The van der Waals surface area contributed by atoms with Gasteiger partial charge in [0.25, 0.3) is 0 Å². The van der Waals surface area contributed by atoms with E-state index in [0.717, 1.165) is 32.2 Å². The quantitative estimate of drug-likeness (QED) is 0.829. The third-order valence-electron chi connectivity index (χ3n) is 4.71. The van der Waals surface area contributed by atoms with Gasteiger partial charge in [-0.2, -0.15) is 0 Å². The van der Waals surface area contributed by atoms with Gasteiger partial charge in [0.2, 0.25) is 0 Å². The predicted molar refractivity (Wildman–Crippen MR) is 94.7 cm³/mol. The first-order valence-electron chi connectivity index (χ1n) is 9.22. The van der Waals surface area contributed by atoms with E-state index in [1.807, 2.05) is 0 Å². The molecule has 1 aliphatic carbocycles. The highest BCUT2D eigenvalue weighted by molar-refractivity contribution is 5.90. The summed E-state index contributed by atoms with van der Waals surface area (Å²) in [6, 6.07) is 3.46. The van der Waals surface area contributed by atoms with Gasteiger partial charge >= 0.3 is 5.97 Å². The summed E-state index contributed by atoms with van der Waals surface area (Å²) < 4.78 is 26.6. The minimum absolute atomic E-state index is 0.000933. The van der Waals surface area contributed by atoms with Crippen LogP contribution in [-0.4, -0.2) is 30.3 Å². The molecule has 1 N–H and O–H groups in total. The van der Waals surface area contributed by atoms with Crippen LogP contribution in [0, 0.1) is 5.82 Å². The number of rotatable bonds is 4. The second-order valence-corrected chi connectivity index (χ2v) is 8.16. The zero-order chi connectivity index (χ0) is 18.2. The van der Waals surface area contributed by atoms with E-state index < -0.39 is 17.4 Å². The SMILES string of the molecule is C[C@@H]1NCCC[C@H]1Oc1ccc(C(=O)OC(C)(C)C)c(F)c1C1CC1. The fraction of sp³-hybridized carbons (Fsp3) is 0.650. The highest BCUT2D eigenvalue weighted by atomic mass is 19.1. The van der Waals surface area contributed by atoms with Crippen molar-refractivity contribution in [1.29, 1.82) is 0 Å². The Bertz CT molecular complexity index is 649. The van der Waals surface area contributed by atoms with Gasteiger partial charge in [0.05, 0.1) is 5.56 Å². The van der Waals surface area contributed by atoms with E-state index >= 15 is 4.39 Å². The average Bonchev–Trinajstić information content (AvgIpc) is 3.32. The van der Waals surface area contributed by atoms with Crippen LogP contribution in [0.1, 0.15) is 75.2 Å². The van der Waals surface area contributed by atoms with Crippen molar-refractivity contribution in [2.75, 3.05) is 6.54 Å². The lowest BCUT2D eigenvalue weighted by Gasteiger charge is -2.31. The van der Waals surface area contributed by atoms with Gasteiger partial charge in [-0.3, -0.25) is 0 Å². The number of hydrogen-bond donors (Lipinski definition) is 1. The molecule has 3 rings (SSSR count). The second-order valence-electron chi connectivity index (χ2n) is 8.16. The molecule has 4 nitrogen and oxygen atoms in total. The Morgan fingerprint density at radius 2 is 1.96 bits per heavy atom. The number of halogens is 1. The molecule has 0 aromatic heterocycles. The largest absolute Gasteiger partial charge is 0.488 e. The number of hydrogen-bond acceptors (Lipinski definition) is 4. The predicted octanol–water partition coefficient (Wildman–Crippen LogP) is 4.18. The lowest BCUT2D eigenvalue weighted by Crippen LogP contribution is -2.45. The maximum Gasteiger partial charge on any atom is 0.341 e. The van der Waals surface area contributed by atoms with Crippen LogP contribution in [0.3, 0.4) is 0 Å². The molecular weight excluding hydrogens is 321 g/mol. The molecular formula is C20H28FNO3. The van der Waals surface area contributed by atoms with Crippen molar-refractivity contribution < 1.29 is 18.7 Å². The summed E-state index contributed by atoms with van der Waals surface area (Å²) in [6.07, 6.45) is 3.89. The Labute approximate surface area is 149 Å². The van der Waals surface area contributed by atoms with Crippen molar-refractivity contribution in [3.63, 3.8) is 0 Å². The van der Waals surface area contributed by atoms with Crippen LogP contribution in [0.25, 0.3) is 0 Å². The number of benzene rings is 1. The van der Waals surface area contributed by atoms with Crippen LogP contribution in [0.5, 0.6) is 5.75 Å². The molecule has 2 fully saturated rings. The minimum Gasteiger partial charge on any atom is -0.488 e. The van der Waals surface area contributed by atoms with E-state index in [4.69, 9.17) is 9.47 Å². The third kappa shape index (κ3) is 4.32. The molecule has 1 aromatic carbocycles. The molecule has 0 spiro atoms. The summed E-state index contributed by atoms with van der Waals surface area (Å²) in [6.45, 7) is 8.41. The fourth-order valence-electron chi connectivity index (χ4n) is 3.26. The summed E-state index contributed by atoms with van der Waals surface area (Å²) in [5, 5.41) is 3.39. The first-order chi connectivity index (χ1) is 11.8. The van der Waals surface area contributed by atoms with E-state index in [1.54, 1.807) is 26.8 Å². The molecule has 1 aromatic rings. The molecule has 1 saturated heterocycles. The molecule has 1 saturated carbocycles. The highest BCUT2D eigenvalue weighted by Crippen LogP contribution is 2.46. The van der Waals surface area contributed by atoms with Crippen molar-refractivity contribution in [2.45, 2.75) is 77.0 Å². The third-order valence-corrected chi connectivity index (χ3v) is 4.71. The normalized spacial score (nSPS) is 24.0. The lowest BCUT2D eigenvalue weighted by molar-refractivity contribution is 0.00643. The Kier molecular flexibility index (Phi) is 5.05. The van der Waals surface area contributed by atoms with Gasteiger partial charge in [0, 0.05) is 11.6 Å². The summed E-state index contributed by atoms with van der Waals surface area (Å²) in [5.74, 6) is -0.381. The second kappa shape index (κ2) is 6.94. The molecule has 0 unspecified atom stereocenters. The zero-order valence-corrected chi connectivity index (χ0v) is 15.5. The fourth-order valence-corrected chi connectivity index (χ4v) is 3.26. The van der Waals surface area contributed by atoms with E-state index in [0.29, 0.717) is 11.3 Å². The molecule has 25 heavy (non-hydrogen) atoms. The van der Waals surface area contributed by atoms with Crippen LogP contribution in [0.2, 0.25) is 0 Å². The molecule has 2 aliphatic rings. The van der Waals surface area contributed by atoms with E-state index in [-0.39, 0.29) is 23.6 Å². The summed E-state index contributed by atoms with van der Waals surface area (Å²) in [4.78, 5) is 12.3. The molecule has 138 valence electrons. The van der Waals surface area contributed by atoms with Gasteiger partial charge in [-0.25, -0.2) is 9.18 Å². The molecule has 0 amide bonds. The lowest BCUT2D eigenvalue weighted by atomic mass is 10.0. The van der Waals surface area contributed by atoms with Gasteiger partial charge in [-0.1, -0.05) is 0 Å². The maximum atomic E-state index is 15.1. The Balaban J connectivity index is 1.87. The molecule has 1 heterocycles. The highest BCUT2D eigenvalue weighted by Gasteiger charge is 2.34. The van der Waals surface area contributed by atoms with Crippen LogP contribution in [0.4, 0.5) is 4.39 Å². The Morgan fingerprint density at radius 1 is 1.24 bits per heavy atom. The number of piperidine rings is 1. The van der Waals surface area contributed by atoms with E-state index in [1.165, 1.54) is 6.07 Å². The van der Waals surface area contributed by atoms with Crippen LogP contribution < -0.4 is 10.1 Å². The van der Waals surface area contributed by atoms with Crippen LogP contribution in [0.15, 0.2) is 12.1 Å². The monoisotopic (exact) mass is 349 g/mol. The average molecular weight is 349 g/mol. The number of ether oxygens (including phenoxy) is 2. The summed E-state index contributed by atoms with van der Waals surface area (Å²) in [7, 11) is 0. The zero-order valence-electron chi connectivity index (χ0n) is 15.5. The van der Waals surface area contributed by atoms with Crippen molar-refractivity contribution in [3.8, 4) is 5.75 Å². The molecule has 2 atom stereocenters. The van der Waals surface area contributed by atoms with Gasteiger partial charge in [0.1, 0.15) is 23.3 Å². The van der Waals surface area contributed by atoms with Crippen LogP contribution >= 0.6 is 0 Å². The molecule has 5 heteroatoms. The molecule has 0 bridgehead atoms. The van der Waals surface area contributed by atoms with Gasteiger partial charge in [0.15, 0.2) is 0 Å². The summed E-state index contributed by atoms with van der Waals surface area (Å²) in [5.41, 5.74) is -0.109. The smallest absolute Gasteiger partial charge is 0.341 e. The number of nitrogens with one attached hydrogen (secondary N) is 1. The maximum absolute atomic E-state index is 15.1.